The molecule has 1 amide bonds. The van der Waals surface area contributed by atoms with Crippen LogP contribution in [-0.4, -0.2) is 55.0 Å². The molecule has 0 bridgehead atoms. The van der Waals surface area contributed by atoms with Gasteiger partial charge in [-0.2, -0.15) is 0 Å². The van der Waals surface area contributed by atoms with Crippen molar-refractivity contribution in [1.82, 2.24) is 4.90 Å². The lowest BCUT2D eigenvalue weighted by Crippen LogP contribution is -2.49. The van der Waals surface area contributed by atoms with Gasteiger partial charge in [-0.1, -0.05) is 48.5 Å². The van der Waals surface area contributed by atoms with E-state index in [1.165, 1.54) is 0 Å². The van der Waals surface area contributed by atoms with Crippen molar-refractivity contribution < 1.29 is 9.72 Å². The van der Waals surface area contributed by atoms with Crippen molar-refractivity contribution in [3.05, 3.63) is 100 Å². The second-order valence-electron chi connectivity index (χ2n) is 9.19. The Morgan fingerprint density at radius 1 is 0.865 bits per heavy atom. The van der Waals surface area contributed by atoms with Gasteiger partial charge in [0.15, 0.2) is 0 Å². The second-order valence-corrected chi connectivity index (χ2v) is 9.19. The van der Waals surface area contributed by atoms with Crippen LogP contribution in [0, 0.1) is 10.1 Å². The van der Waals surface area contributed by atoms with E-state index in [0.29, 0.717) is 6.54 Å². The number of hydrogen-bond donors (Lipinski definition) is 0. The zero-order valence-electron chi connectivity index (χ0n) is 20.8. The van der Waals surface area contributed by atoms with Gasteiger partial charge in [0.05, 0.1) is 4.92 Å². The van der Waals surface area contributed by atoms with Gasteiger partial charge in [-0.05, 0) is 49.2 Å². The van der Waals surface area contributed by atoms with Gasteiger partial charge in [-0.25, -0.2) is 0 Å². The molecular weight excluding hydrogens is 511 g/mol. The average Bonchev–Trinajstić information content (AvgIpc) is 3.16. The summed E-state index contributed by atoms with van der Waals surface area (Å²) in [5.74, 6) is 0.164. The molecule has 1 saturated heterocycles. The standard InChI is InChI=1S/C28H30N4O3.2ClH/c1-2-31-26-11-7-6-10-25(26)28(27(31)33,22-8-4-3-5-9-22)16-17-29-18-20-30(21-19-29)23-12-14-24(15-13-23)32(34)35;;/h3-15H,2,16-21H2,1H3;2*1H. The molecule has 0 aliphatic carbocycles. The van der Waals surface area contributed by atoms with Gasteiger partial charge >= 0.3 is 0 Å². The topological polar surface area (TPSA) is 69.9 Å². The number of carbonyl (C=O) groups excluding carboxylic acids is 1. The maximum Gasteiger partial charge on any atom is 0.269 e. The first-order chi connectivity index (χ1) is 17.0. The number of benzene rings is 3. The fourth-order valence-electron chi connectivity index (χ4n) is 5.57. The smallest absolute Gasteiger partial charge is 0.269 e. The van der Waals surface area contributed by atoms with Gasteiger partial charge in [0.25, 0.3) is 5.69 Å². The summed E-state index contributed by atoms with van der Waals surface area (Å²) in [5, 5.41) is 10.9. The Labute approximate surface area is 230 Å². The van der Waals surface area contributed by atoms with E-state index in [9.17, 15) is 14.9 Å². The van der Waals surface area contributed by atoms with E-state index in [1.807, 2.05) is 54.3 Å². The fraction of sp³-hybridized carbons (Fsp3) is 0.321. The van der Waals surface area contributed by atoms with Crippen molar-refractivity contribution in [3.8, 4) is 0 Å². The lowest BCUT2D eigenvalue weighted by Gasteiger charge is -2.38. The highest BCUT2D eigenvalue weighted by atomic mass is 35.5. The van der Waals surface area contributed by atoms with Crippen LogP contribution in [0.1, 0.15) is 24.5 Å². The predicted octanol–water partition coefficient (Wildman–Crippen LogP) is 5.30. The van der Waals surface area contributed by atoms with Gasteiger partial charge in [-0.15, -0.1) is 24.8 Å². The fourth-order valence-corrected chi connectivity index (χ4v) is 5.57. The third-order valence-corrected chi connectivity index (χ3v) is 7.45. The molecule has 2 aliphatic heterocycles. The largest absolute Gasteiger partial charge is 0.369 e. The van der Waals surface area contributed by atoms with Crippen LogP contribution in [0.15, 0.2) is 78.9 Å². The zero-order valence-corrected chi connectivity index (χ0v) is 22.4. The molecule has 0 radical (unpaired) electrons. The van der Waals surface area contributed by atoms with Crippen molar-refractivity contribution in [3.63, 3.8) is 0 Å². The highest BCUT2D eigenvalue weighted by Crippen LogP contribution is 2.48. The number of non-ortho nitro benzene ring substituents is 1. The van der Waals surface area contributed by atoms with Crippen molar-refractivity contribution >= 4 is 47.8 Å². The summed E-state index contributed by atoms with van der Waals surface area (Å²) < 4.78 is 0. The highest BCUT2D eigenvalue weighted by Gasteiger charge is 2.51. The van der Waals surface area contributed by atoms with Crippen LogP contribution in [0.3, 0.4) is 0 Å². The zero-order chi connectivity index (χ0) is 24.4. The Morgan fingerprint density at radius 3 is 2.11 bits per heavy atom. The van der Waals surface area contributed by atoms with E-state index in [-0.39, 0.29) is 41.3 Å². The first-order valence-corrected chi connectivity index (χ1v) is 12.2. The summed E-state index contributed by atoms with van der Waals surface area (Å²) in [4.78, 5) is 31.1. The number of likely N-dealkylation sites (N-methyl/N-ethyl adjacent to an activating group) is 1. The minimum atomic E-state index is -0.677. The average molecular weight is 543 g/mol. The third kappa shape index (κ3) is 5.17. The number of amides is 1. The van der Waals surface area contributed by atoms with Gasteiger partial charge in [0, 0.05) is 56.2 Å². The summed E-state index contributed by atoms with van der Waals surface area (Å²) in [5.41, 5.74) is 3.62. The first kappa shape index (κ1) is 28.4. The molecule has 37 heavy (non-hydrogen) atoms. The number of halogens is 2. The second kappa shape index (κ2) is 11.9. The summed E-state index contributed by atoms with van der Waals surface area (Å²) >= 11 is 0. The Bertz CT molecular complexity index is 1220. The van der Waals surface area contributed by atoms with Gasteiger partial charge in [-0.3, -0.25) is 19.8 Å². The number of piperazine rings is 1. The molecule has 5 rings (SSSR count). The lowest BCUT2D eigenvalue weighted by atomic mass is 9.72. The van der Waals surface area contributed by atoms with Crippen molar-refractivity contribution in [2.24, 2.45) is 0 Å². The third-order valence-electron chi connectivity index (χ3n) is 7.45. The van der Waals surface area contributed by atoms with E-state index in [4.69, 9.17) is 0 Å². The Morgan fingerprint density at radius 2 is 1.49 bits per heavy atom. The minimum absolute atomic E-state index is 0. The molecule has 1 unspecified atom stereocenters. The molecule has 3 aromatic rings. The monoisotopic (exact) mass is 542 g/mol. The molecule has 0 aromatic heterocycles. The number of fused-ring (bicyclic) bond motifs is 1. The molecule has 1 fully saturated rings. The van der Waals surface area contributed by atoms with Crippen LogP contribution in [0.4, 0.5) is 17.1 Å². The first-order valence-electron chi connectivity index (χ1n) is 12.2. The summed E-state index contributed by atoms with van der Waals surface area (Å²) in [6, 6.07) is 25.2. The molecule has 2 aliphatic rings. The molecule has 2 heterocycles. The van der Waals surface area contributed by atoms with Crippen molar-refractivity contribution in [1.29, 1.82) is 0 Å². The van der Waals surface area contributed by atoms with Gasteiger partial charge in [0.1, 0.15) is 5.41 Å². The summed E-state index contributed by atoms with van der Waals surface area (Å²) in [7, 11) is 0. The normalized spacial score (nSPS) is 19.1. The number of carbonyl (C=O) groups is 1. The number of nitro benzene ring substituents is 1. The summed E-state index contributed by atoms with van der Waals surface area (Å²) in [6.45, 7) is 6.97. The molecule has 3 aromatic carbocycles. The maximum absolute atomic E-state index is 14.0. The SMILES string of the molecule is CCN1C(=O)C(CCN2CCN(c3ccc([N+](=O)[O-])cc3)CC2)(c2ccccc2)c2ccccc21.Cl.Cl. The van der Waals surface area contributed by atoms with Crippen LogP contribution in [-0.2, 0) is 10.2 Å². The minimum Gasteiger partial charge on any atom is -0.369 e. The van der Waals surface area contributed by atoms with Crippen LogP contribution in [0.2, 0.25) is 0 Å². The van der Waals surface area contributed by atoms with Crippen LogP contribution in [0.25, 0.3) is 0 Å². The van der Waals surface area contributed by atoms with Crippen LogP contribution in [0.5, 0.6) is 0 Å². The van der Waals surface area contributed by atoms with Crippen molar-refractivity contribution in [2.75, 3.05) is 49.1 Å². The van der Waals surface area contributed by atoms with Crippen LogP contribution < -0.4 is 9.80 Å². The molecule has 0 N–H and O–H groups in total. The molecule has 7 nitrogen and oxygen atoms in total. The quantitative estimate of drug-likeness (QED) is 0.299. The van der Waals surface area contributed by atoms with Gasteiger partial charge < -0.3 is 9.80 Å². The molecular formula is C28H32Cl2N4O3. The highest BCUT2D eigenvalue weighted by molar-refractivity contribution is 6.10. The van der Waals surface area contributed by atoms with E-state index in [1.54, 1.807) is 12.1 Å². The number of rotatable bonds is 7. The Kier molecular flexibility index (Phi) is 9.18. The maximum atomic E-state index is 14.0. The van der Waals surface area contributed by atoms with Crippen molar-refractivity contribution in [2.45, 2.75) is 18.8 Å². The molecule has 196 valence electrons. The molecule has 9 heteroatoms. The number of anilines is 2. The number of hydrogen-bond acceptors (Lipinski definition) is 5. The molecule has 0 spiro atoms. The van der Waals surface area contributed by atoms with E-state index >= 15 is 0 Å². The van der Waals surface area contributed by atoms with E-state index in [2.05, 4.69) is 34.1 Å². The predicted molar refractivity (Wildman–Crippen MR) is 153 cm³/mol. The lowest BCUT2D eigenvalue weighted by molar-refractivity contribution is -0.384. The number of nitro groups is 1. The molecule has 0 saturated carbocycles. The van der Waals surface area contributed by atoms with Gasteiger partial charge in [0.2, 0.25) is 5.91 Å². The van der Waals surface area contributed by atoms with E-state index < -0.39 is 5.41 Å². The van der Waals surface area contributed by atoms with Crippen LogP contribution >= 0.6 is 24.8 Å². The number of para-hydroxylation sites is 1. The van der Waals surface area contributed by atoms with E-state index in [0.717, 1.165) is 61.6 Å². The Balaban J connectivity index is 0.00000190. The number of nitrogens with zero attached hydrogens (tertiary/aromatic N) is 4. The molecule has 1 atom stereocenters. The summed E-state index contributed by atoms with van der Waals surface area (Å²) in [6.07, 6.45) is 0.723. The Hall–Kier alpha value is -3.13.